The summed E-state index contributed by atoms with van der Waals surface area (Å²) < 4.78 is 10.6. The van der Waals surface area contributed by atoms with Crippen molar-refractivity contribution in [1.82, 2.24) is 0 Å². The Morgan fingerprint density at radius 2 is 2.14 bits per heavy atom. The predicted molar refractivity (Wildman–Crippen MR) is 113 cm³/mol. The molecule has 5 nitrogen and oxygen atoms in total. The summed E-state index contributed by atoms with van der Waals surface area (Å²) in [6.07, 6.45) is 5.89. The number of hydrogen-bond acceptors (Lipinski definition) is 6. The fraction of sp³-hybridized carbons (Fsp3) is 0.227. The number of aryl methyl sites for hydroxylation is 1. The molecule has 4 rings (SSSR count). The summed E-state index contributed by atoms with van der Waals surface area (Å²) in [7, 11) is 1.31. The van der Waals surface area contributed by atoms with Crippen molar-refractivity contribution >= 4 is 40.1 Å². The second-order valence-corrected chi connectivity index (χ2v) is 8.14. The highest BCUT2D eigenvalue weighted by molar-refractivity contribution is 7.16. The van der Waals surface area contributed by atoms with Crippen molar-refractivity contribution in [2.24, 2.45) is 4.99 Å². The highest BCUT2D eigenvalue weighted by atomic mass is 35.5. The number of carbonyl (C=O) groups is 1. The van der Waals surface area contributed by atoms with Crippen LogP contribution < -0.4 is 0 Å². The molecule has 0 N–H and O–H groups in total. The van der Waals surface area contributed by atoms with Crippen molar-refractivity contribution in [1.29, 1.82) is 5.26 Å². The van der Waals surface area contributed by atoms with Crippen molar-refractivity contribution in [2.45, 2.75) is 25.7 Å². The smallest absolute Gasteiger partial charge is 0.339 e. The zero-order valence-corrected chi connectivity index (χ0v) is 17.3. The maximum Gasteiger partial charge on any atom is 0.339 e. The first-order chi connectivity index (χ1) is 14.1. The zero-order valence-electron chi connectivity index (χ0n) is 15.7. The van der Waals surface area contributed by atoms with E-state index >= 15 is 0 Å². The van der Waals surface area contributed by atoms with Crippen LogP contribution >= 0.6 is 22.9 Å². The molecule has 1 aliphatic rings. The molecular formula is C22H17ClN2O3S. The third-order valence-electron chi connectivity index (χ3n) is 4.86. The van der Waals surface area contributed by atoms with E-state index in [1.165, 1.54) is 12.0 Å². The lowest BCUT2D eigenvalue weighted by molar-refractivity contribution is 0.0601. The minimum Gasteiger partial charge on any atom is -0.465 e. The molecule has 0 unspecified atom stereocenters. The molecule has 7 heteroatoms. The number of nitrogens with zero attached hydrogens (tertiary/aromatic N) is 2. The van der Waals surface area contributed by atoms with Crippen LogP contribution in [0.1, 0.15) is 45.0 Å². The minimum atomic E-state index is -0.504. The Balaban J connectivity index is 1.60. The van der Waals surface area contributed by atoms with Crippen LogP contribution in [0.4, 0.5) is 5.00 Å². The first-order valence-electron chi connectivity index (χ1n) is 9.17. The quantitative estimate of drug-likeness (QED) is 0.383. The number of rotatable bonds is 4. The lowest BCUT2D eigenvalue weighted by Crippen LogP contribution is -2.02. The van der Waals surface area contributed by atoms with E-state index in [2.05, 4.69) is 11.1 Å². The van der Waals surface area contributed by atoms with Gasteiger partial charge in [-0.25, -0.2) is 9.79 Å². The van der Waals surface area contributed by atoms with Gasteiger partial charge in [0.1, 0.15) is 22.6 Å². The molecule has 1 aliphatic carbocycles. The first kappa shape index (κ1) is 19.4. The SMILES string of the molecule is COC(=O)c1cc(-c2ccc(C=Nc3sc4c(c3C#N)CCCC4)o2)ccc1Cl. The fourth-order valence-corrected chi connectivity index (χ4v) is 4.78. The molecule has 1 aromatic carbocycles. The Bertz CT molecular complexity index is 1150. The molecule has 0 atom stereocenters. The molecule has 146 valence electrons. The van der Waals surface area contributed by atoms with Gasteiger partial charge in [-0.15, -0.1) is 11.3 Å². The standard InChI is InChI=1S/C22H17ClN2O3S/c1-27-22(26)16-10-13(6-8-18(16)23)19-9-7-14(28-19)12-25-21-17(11-24)15-4-2-3-5-20(15)29-21/h6-10,12H,2-5H2,1H3. The van der Waals surface area contributed by atoms with Gasteiger partial charge in [0.25, 0.3) is 0 Å². The van der Waals surface area contributed by atoms with Crippen LogP contribution in [-0.2, 0) is 17.6 Å². The Hall–Kier alpha value is -2.88. The van der Waals surface area contributed by atoms with Crippen molar-refractivity contribution in [3.63, 3.8) is 0 Å². The van der Waals surface area contributed by atoms with Gasteiger partial charge in [-0.1, -0.05) is 11.6 Å². The molecule has 0 saturated carbocycles. The second-order valence-electron chi connectivity index (χ2n) is 6.65. The molecule has 0 amide bonds. The number of hydrogen-bond donors (Lipinski definition) is 0. The van der Waals surface area contributed by atoms with Crippen molar-refractivity contribution < 1.29 is 13.9 Å². The molecule has 0 bridgehead atoms. The number of benzene rings is 1. The van der Waals surface area contributed by atoms with Crippen molar-refractivity contribution in [3.05, 3.63) is 62.7 Å². The third-order valence-corrected chi connectivity index (χ3v) is 6.39. The monoisotopic (exact) mass is 424 g/mol. The van der Waals surface area contributed by atoms with Crippen LogP contribution in [0.25, 0.3) is 11.3 Å². The van der Waals surface area contributed by atoms with Gasteiger partial charge in [0.2, 0.25) is 0 Å². The van der Waals surface area contributed by atoms with Crippen LogP contribution in [0, 0.1) is 11.3 Å². The number of aliphatic imine (C=N–C) groups is 1. The molecule has 0 radical (unpaired) electrons. The number of nitriles is 1. The summed E-state index contributed by atoms with van der Waals surface area (Å²) >= 11 is 7.66. The molecule has 0 fully saturated rings. The lowest BCUT2D eigenvalue weighted by atomic mass is 9.96. The number of halogens is 1. The van der Waals surface area contributed by atoms with Crippen LogP contribution in [0.5, 0.6) is 0 Å². The summed E-state index contributed by atoms with van der Waals surface area (Å²) in [5.41, 5.74) is 2.83. The van der Waals surface area contributed by atoms with Gasteiger partial charge in [-0.3, -0.25) is 0 Å². The summed E-state index contributed by atoms with van der Waals surface area (Å²) in [6.45, 7) is 0. The van der Waals surface area contributed by atoms with E-state index in [1.54, 1.807) is 47.9 Å². The Labute approximate surface area is 177 Å². The number of fused-ring (bicyclic) bond motifs is 1. The van der Waals surface area contributed by atoms with Gasteiger partial charge in [0.05, 0.1) is 29.5 Å². The van der Waals surface area contributed by atoms with E-state index in [1.807, 2.05) is 0 Å². The first-order valence-corrected chi connectivity index (χ1v) is 10.4. The Morgan fingerprint density at radius 3 is 2.93 bits per heavy atom. The van der Waals surface area contributed by atoms with Crippen LogP contribution in [0.2, 0.25) is 5.02 Å². The van der Waals surface area contributed by atoms with E-state index < -0.39 is 5.97 Å². The second kappa shape index (κ2) is 8.24. The number of methoxy groups -OCH3 is 1. The topological polar surface area (TPSA) is 75.6 Å². The van der Waals surface area contributed by atoms with Crippen molar-refractivity contribution in [2.75, 3.05) is 7.11 Å². The number of furan rings is 1. The van der Waals surface area contributed by atoms with Gasteiger partial charge >= 0.3 is 5.97 Å². The van der Waals surface area contributed by atoms with E-state index in [-0.39, 0.29) is 5.56 Å². The fourth-order valence-electron chi connectivity index (χ4n) is 3.40. The van der Waals surface area contributed by atoms with Gasteiger partial charge < -0.3 is 9.15 Å². The summed E-state index contributed by atoms with van der Waals surface area (Å²) in [5.74, 6) is 0.639. The average molecular weight is 425 g/mol. The van der Waals surface area contributed by atoms with Gasteiger partial charge in [0, 0.05) is 10.4 Å². The molecule has 3 aromatic rings. The maximum atomic E-state index is 11.8. The van der Waals surface area contributed by atoms with Crippen LogP contribution in [-0.4, -0.2) is 19.3 Å². The normalized spacial score (nSPS) is 13.3. The molecule has 0 saturated heterocycles. The minimum absolute atomic E-state index is 0.279. The van der Waals surface area contributed by atoms with Crippen LogP contribution in [0.15, 0.2) is 39.7 Å². The summed E-state index contributed by atoms with van der Waals surface area (Å²) in [5, 5.41) is 10.6. The molecule has 0 aliphatic heterocycles. The highest BCUT2D eigenvalue weighted by Crippen LogP contribution is 2.39. The molecule has 2 aromatic heterocycles. The van der Waals surface area contributed by atoms with E-state index in [4.69, 9.17) is 20.8 Å². The zero-order chi connectivity index (χ0) is 20.4. The summed E-state index contributed by atoms with van der Waals surface area (Å²) in [4.78, 5) is 17.6. The average Bonchev–Trinajstić information content (AvgIpc) is 3.36. The van der Waals surface area contributed by atoms with Crippen LogP contribution in [0.3, 0.4) is 0 Å². The van der Waals surface area contributed by atoms with Gasteiger partial charge in [0.15, 0.2) is 0 Å². The molecule has 0 spiro atoms. The Kier molecular flexibility index (Phi) is 5.52. The third kappa shape index (κ3) is 3.84. The Morgan fingerprint density at radius 1 is 1.31 bits per heavy atom. The van der Waals surface area contributed by atoms with E-state index in [0.717, 1.165) is 36.2 Å². The molecular weight excluding hydrogens is 408 g/mol. The molecule has 29 heavy (non-hydrogen) atoms. The number of carbonyl (C=O) groups excluding carboxylic acids is 1. The largest absolute Gasteiger partial charge is 0.465 e. The summed E-state index contributed by atoms with van der Waals surface area (Å²) in [6, 6.07) is 10.9. The highest BCUT2D eigenvalue weighted by Gasteiger charge is 2.20. The van der Waals surface area contributed by atoms with Gasteiger partial charge in [-0.05, 0) is 61.6 Å². The van der Waals surface area contributed by atoms with E-state index in [9.17, 15) is 10.1 Å². The lowest BCUT2D eigenvalue weighted by Gasteiger charge is -2.09. The van der Waals surface area contributed by atoms with Crippen molar-refractivity contribution in [3.8, 4) is 17.4 Å². The number of esters is 1. The number of thiophene rings is 1. The number of ether oxygens (including phenoxy) is 1. The van der Waals surface area contributed by atoms with E-state index in [0.29, 0.717) is 27.7 Å². The maximum absolute atomic E-state index is 11.8. The molecule has 2 heterocycles. The van der Waals surface area contributed by atoms with Gasteiger partial charge in [-0.2, -0.15) is 5.26 Å². The predicted octanol–water partition coefficient (Wildman–Crippen LogP) is 5.95.